The molecule has 0 saturated carbocycles. The number of nitrogens with zero attached hydrogens (tertiary/aromatic N) is 8. The second-order valence-electron chi connectivity index (χ2n) is 15.4. The number of hydrogen-bond acceptors (Lipinski definition) is 14. The number of halogens is 2. The Morgan fingerprint density at radius 1 is 0.983 bits per heavy atom. The number of amides is 6. The highest BCUT2D eigenvalue weighted by Gasteiger charge is 2.48. The minimum atomic E-state index is -3.62. The second kappa shape index (κ2) is 15.1. The first-order valence-electron chi connectivity index (χ1n) is 19.3. The zero-order valence-corrected chi connectivity index (χ0v) is 32.8. The lowest BCUT2D eigenvalue weighted by atomic mass is 10.0. The highest BCUT2D eigenvalue weighted by molar-refractivity contribution is 6.23. The van der Waals surface area contributed by atoms with Gasteiger partial charge in [-0.1, -0.05) is 0 Å². The molecule has 8 rings (SSSR count). The number of fused-ring (bicyclic) bond motifs is 2. The van der Waals surface area contributed by atoms with Crippen LogP contribution in [0.4, 0.5) is 37.6 Å². The maximum Gasteiger partial charge on any atom is 0.342 e. The van der Waals surface area contributed by atoms with Crippen LogP contribution in [0.3, 0.4) is 0 Å². The average Bonchev–Trinajstić information content (AvgIpc) is 3.41. The first-order chi connectivity index (χ1) is 28.1. The lowest BCUT2D eigenvalue weighted by molar-refractivity contribution is -0.140. The summed E-state index contributed by atoms with van der Waals surface area (Å²) in [6, 6.07) is 8.76. The first-order valence-corrected chi connectivity index (χ1v) is 19.3. The zero-order valence-electron chi connectivity index (χ0n) is 32.8. The maximum absolute atomic E-state index is 14.7. The number of piperidine rings is 1. The number of piperazine rings is 1. The Morgan fingerprint density at radius 3 is 2.41 bits per heavy atom. The summed E-state index contributed by atoms with van der Waals surface area (Å²) >= 11 is 0. The molecule has 0 radical (unpaired) electrons. The van der Waals surface area contributed by atoms with Gasteiger partial charge in [-0.15, -0.1) is 0 Å². The van der Waals surface area contributed by atoms with Crippen LogP contribution in [-0.4, -0.2) is 144 Å². The number of nitrogens with one attached hydrogen (secondary N) is 3. The summed E-state index contributed by atoms with van der Waals surface area (Å²) in [4.78, 5) is 92.7. The lowest BCUT2D eigenvalue weighted by Crippen LogP contribution is -2.66. The fourth-order valence-electron chi connectivity index (χ4n) is 8.06. The number of methoxy groups -OCH3 is 1. The van der Waals surface area contributed by atoms with Gasteiger partial charge in [0.1, 0.15) is 17.5 Å². The molecule has 1 atom stereocenters. The van der Waals surface area contributed by atoms with Crippen molar-refractivity contribution < 1.29 is 42.3 Å². The van der Waals surface area contributed by atoms with E-state index in [2.05, 4.69) is 35.8 Å². The molecule has 20 heteroatoms. The third-order valence-corrected chi connectivity index (χ3v) is 11.4. The maximum atomic E-state index is 14.7. The van der Waals surface area contributed by atoms with Crippen molar-refractivity contribution in [3.8, 4) is 5.75 Å². The summed E-state index contributed by atoms with van der Waals surface area (Å²) in [6.07, 6.45) is 1.47. The van der Waals surface area contributed by atoms with E-state index in [4.69, 9.17) is 4.74 Å². The van der Waals surface area contributed by atoms with E-state index in [9.17, 15) is 37.5 Å². The van der Waals surface area contributed by atoms with Gasteiger partial charge in [0.05, 0.1) is 36.7 Å². The Bertz CT molecular complexity index is 2260. The van der Waals surface area contributed by atoms with Crippen LogP contribution in [0.5, 0.6) is 5.75 Å². The van der Waals surface area contributed by atoms with E-state index in [-0.39, 0.29) is 53.4 Å². The van der Waals surface area contributed by atoms with Crippen LogP contribution in [0.2, 0.25) is 0 Å². The normalized spacial score (nSPS) is 21.3. The van der Waals surface area contributed by atoms with Crippen LogP contribution in [-0.2, 0) is 14.4 Å². The molecule has 3 aromatic rings. The molecule has 18 nitrogen and oxygen atoms in total. The SMILES string of the molecule is COc1cc(C(=O)NN2CC(N3CCN(c4ccc5c(c4)C(=O)N(C4CCC(=O)NC4=O)C5=O)CC3)C2)ccc1Nc1ncc2c(n1)N(C(C)C)CC(F)(F)C(=O)N2C. The predicted octanol–water partition coefficient (Wildman–Crippen LogP) is 1.61. The van der Waals surface area contributed by atoms with Gasteiger partial charge in [0.2, 0.25) is 17.8 Å². The summed E-state index contributed by atoms with van der Waals surface area (Å²) in [5, 5.41) is 7.10. The molecule has 59 heavy (non-hydrogen) atoms. The largest absolute Gasteiger partial charge is 0.495 e. The molecule has 1 aromatic heterocycles. The summed E-state index contributed by atoms with van der Waals surface area (Å²) in [6.45, 7) is 6.71. The molecule has 0 bridgehead atoms. The number of carbonyl (C=O) groups excluding carboxylic acids is 6. The molecule has 6 heterocycles. The zero-order chi connectivity index (χ0) is 41.9. The van der Waals surface area contributed by atoms with Crippen molar-refractivity contribution in [2.24, 2.45) is 0 Å². The van der Waals surface area contributed by atoms with Gasteiger partial charge in [0, 0.05) is 76.1 Å². The van der Waals surface area contributed by atoms with Gasteiger partial charge in [0.15, 0.2) is 5.82 Å². The van der Waals surface area contributed by atoms with Gasteiger partial charge in [0.25, 0.3) is 23.6 Å². The third kappa shape index (κ3) is 7.26. The van der Waals surface area contributed by atoms with E-state index in [1.807, 2.05) is 11.1 Å². The van der Waals surface area contributed by atoms with Crippen LogP contribution < -0.4 is 35.5 Å². The van der Waals surface area contributed by atoms with E-state index >= 15 is 0 Å². The Balaban J connectivity index is 0.842. The molecule has 3 saturated heterocycles. The minimum absolute atomic E-state index is 0.0568. The molecule has 3 N–H and O–H groups in total. The minimum Gasteiger partial charge on any atom is -0.495 e. The first kappa shape index (κ1) is 39.5. The van der Waals surface area contributed by atoms with Crippen molar-refractivity contribution in [2.45, 2.75) is 50.7 Å². The van der Waals surface area contributed by atoms with E-state index in [0.29, 0.717) is 43.2 Å². The Morgan fingerprint density at radius 2 is 1.71 bits per heavy atom. The van der Waals surface area contributed by atoms with Crippen molar-refractivity contribution in [1.82, 2.24) is 35.5 Å². The lowest BCUT2D eigenvalue weighted by Gasteiger charge is -2.48. The summed E-state index contributed by atoms with van der Waals surface area (Å²) < 4.78 is 35.0. The van der Waals surface area contributed by atoms with Gasteiger partial charge in [-0.05, 0) is 56.7 Å². The van der Waals surface area contributed by atoms with Gasteiger partial charge in [-0.3, -0.25) is 49.3 Å². The number of anilines is 5. The predicted molar refractivity (Wildman–Crippen MR) is 209 cm³/mol. The molecule has 310 valence electrons. The Labute approximate surface area is 337 Å². The second-order valence-corrected chi connectivity index (χ2v) is 15.4. The molecule has 5 aliphatic rings. The smallest absolute Gasteiger partial charge is 0.342 e. The Hall–Kier alpha value is -6.28. The van der Waals surface area contributed by atoms with E-state index in [1.54, 1.807) is 44.2 Å². The average molecular weight is 816 g/mol. The van der Waals surface area contributed by atoms with Crippen molar-refractivity contribution in [3.05, 3.63) is 59.3 Å². The van der Waals surface area contributed by atoms with Crippen molar-refractivity contribution in [2.75, 3.05) is 80.0 Å². The number of hydrazine groups is 1. The summed E-state index contributed by atoms with van der Waals surface area (Å²) in [5.74, 6) is -6.86. The monoisotopic (exact) mass is 815 g/mol. The van der Waals surface area contributed by atoms with Gasteiger partial charge in [-0.2, -0.15) is 13.8 Å². The number of alkyl halides is 2. The van der Waals surface area contributed by atoms with E-state index in [1.165, 1.54) is 25.3 Å². The molecule has 0 spiro atoms. The molecular formula is C39H43F2N11O7. The van der Waals surface area contributed by atoms with Crippen molar-refractivity contribution in [1.29, 1.82) is 0 Å². The van der Waals surface area contributed by atoms with E-state index < -0.39 is 54.1 Å². The van der Waals surface area contributed by atoms with Crippen LogP contribution in [0.15, 0.2) is 42.6 Å². The Kier molecular flexibility index (Phi) is 10.2. The fraction of sp³-hybridized carbons (Fsp3) is 0.436. The molecule has 3 fully saturated rings. The van der Waals surface area contributed by atoms with Crippen molar-refractivity contribution >= 4 is 64.3 Å². The van der Waals surface area contributed by atoms with E-state index in [0.717, 1.165) is 28.6 Å². The number of hydrogen-bond donors (Lipinski definition) is 3. The number of rotatable bonds is 9. The summed E-state index contributed by atoms with van der Waals surface area (Å²) in [5.41, 5.74) is 5.15. The third-order valence-electron chi connectivity index (χ3n) is 11.4. The number of aromatic nitrogens is 2. The quantitative estimate of drug-likeness (QED) is 0.264. The van der Waals surface area contributed by atoms with Crippen LogP contribution >= 0.6 is 0 Å². The highest BCUT2D eigenvalue weighted by atomic mass is 19.3. The van der Waals surface area contributed by atoms with Gasteiger partial charge < -0.3 is 24.8 Å². The molecular weight excluding hydrogens is 772 g/mol. The standard InChI is InChI=1S/C39H43F2N11O7/c1-21(2)51-20-39(40,41)37(58)47(3)29-17-42-38(45-32(29)51)43-27-8-5-22(15-30(27)59-4)33(54)46-50-18-24(19-50)49-13-11-48(12-14-49)23-6-7-25-26(16-23)36(57)52(35(25)56)28-9-10-31(53)44-34(28)55/h5-8,15-17,21,24,28H,9-14,18-20H2,1-4H3,(H,46,54)(H,42,43,45)(H,44,53,55). The van der Waals surface area contributed by atoms with Crippen LogP contribution in [0.1, 0.15) is 57.8 Å². The topological polar surface area (TPSA) is 193 Å². The molecule has 1 unspecified atom stereocenters. The molecule has 0 aliphatic carbocycles. The molecule has 5 aliphatic heterocycles. The number of carbonyl (C=O) groups is 6. The summed E-state index contributed by atoms with van der Waals surface area (Å²) in [7, 11) is 2.71. The highest BCUT2D eigenvalue weighted by Crippen LogP contribution is 2.38. The van der Waals surface area contributed by atoms with Gasteiger partial charge in [-0.25, -0.2) is 9.99 Å². The van der Waals surface area contributed by atoms with Crippen molar-refractivity contribution in [3.63, 3.8) is 0 Å². The van der Waals surface area contributed by atoms with Crippen LogP contribution in [0.25, 0.3) is 0 Å². The fourth-order valence-corrected chi connectivity index (χ4v) is 8.06. The molecule has 6 amide bonds. The van der Waals surface area contributed by atoms with Crippen LogP contribution in [0, 0.1) is 0 Å². The van der Waals surface area contributed by atoms with Gasteiger partial charge >= 0.3 is 5.92 Å². The number of ether oxygens (including phenoxy) is 1. The number of benzene rings is 2. The molecule has 2 aromatic carbocycles. The number of imide groups is 2.